The summed E-state index contributed by atoms with van der Waals surface area (Å²) in [5, 5.41) is 27.9. The molecule has 0 spiro atoms. The van der Waals surface area contributed by atoms with Gasteiger partial charge in [0.15, 0.2) is 0 Å². The van der Waals surface area contributed by atoms with Gasteiger partial charge in [-0.3, -0.25) is 0 Å². The van der Waals surface area contributed by atoms with Gasteiger partial charge < -0.3 is 19.8 Å². The minimum Gasteiger partial charge on any atom is -0.550 e. The summed E-state index contributed by atoms with van der Waals surface area (Å²) in [5.41, 5.74) is 8.03. The highest BCUT2D eigenvalue weighted by atomic mass is 31.2. The standard InChI is InChI=1S/2C23H26P.C4H6O4/c2*1-5-24(21-12-6-9-18(2)15-21,22-13-7-10-19(3)16-22)23-14-8-11-20(4)17-23;5-3(6)1-2-4(7)8/h2*6-17H,5H2,1-4H3;1-2H2,(H,5,6)(H,7,8)/q2*+1;/p-2. The summed E-state index contributed by atoms with van der Waals surface area (Å²) in [6.07, 6.45) is 1.34. The van der Waals surface area contributed by atoms with Crippen molar-refractivity contribution in [1.82, 2.24) is 0 Å². The molecule has 0 bridgehead atoms. The zero-order valence-corrected chi connectivity index (χ0v) is 36.0. The van der Waals surface area contributed by atoms with E-state index in [4.69, 9.17) is 0 Å². The number of carbonyl (C=O) groups excluding carboxylic acids is 2. The summed E-state index contributed by atoms with van der Waals surface area (Å²) in [7, 11) is -3.23. The molecule has 0 N–H and O–H groups in total. The lowest BCUT2D eigenvalue weighted by atomic mass is 10.2. The van der Waals surface area contributed by atoms with Crippen LogP contribution in [0.1, 0.15) is 60.1 Å². The molecule has 0 aromatic heterocycles. The van der Waals surface area contributed by atoms with E-state index in [0.717, 1.165) is 12.3 Å². The van der Waals surface area contributed by atoms with Crippen LogP contribution >= 0.6 is 14.5 Å². The third-order valence-electron chi connectivity index (χ3n) is 10.1. The normalized spacial score (nSPS) is 11.1. The fourth-order valence-corrected chi connectivity index (χ4v) is 16.0. The van der Waals surface area contributed by atoms with Crippen molar-refractivity contribution < 1.29 is 19.8 Å². The highest BCUT2D eigenvalue weighted by molar-refractivity contribution is 7.96. The quantitative estimate of drug-likeness (QED) is 0.131. The Hall–Kier alpha value is -4.88. The first kappa shape index (κ1) is 43.8. The number of aryl methyl sites for hydroxylation is 6. The average molecular weight is 783 g/mol. The van der Waals surface area contributed by atoms with E-state index in [1.807, 2.05) is 0 Å². The summed E-state index contributed by atoms with van der Waals surface area (Å²) in [4.78, 5) is 19.0. The van der Waals surface area contributed by atoms with E-state index in [2.05, 4.69) is 201 Å². The van der Waals surface area contributed by atoms with Crippen LogP contribution in [0.4, 0.5) is 0 Å². The van der Waals surface area contributed by atoms with Gasteiger partial charge in [0, 0.05) is 11.9 Å². The largest absolute Gasteiger partial charge is 0.550 e. The van der Waals surface area contributed by atoms with Crippen molar-refractivity contribution in [1.29, 1.82) is 0 Å². The molecule has 6 aromatic carbocycles. The molecule has 0 fully saturated rings. The Morgan fingerprint density at radius 3 is 0.679 bits per heavy atom. The van der Waals surface area contributed by atoms with E-state index in [1.165, 1.54) is 65.2 Å². The Kier molecular flexibility index (Phi) is 15.9. The van der Waals surface area contributed by atoms with Crippen LogP contribution in [-0.4, -0.2) is 24.3 Å². The van der Waals surface area contributed by atoms with Gasteiger partial charge in [-0.05, 0) is 174 Å². The third kappa shape index (κ3) is 10.9. The first-order valence-electron chi connectivity index (χ1n) is 19.3. The van der Waals surface area contributed by atoms with Crippen LogP contribution in [0.3, 0.4) is 0 Å². The molecule has 56 heavy (non-hydrogen) atoms. The molecule has 290 valence electrons. The van der Waals surface area contributed by atoms with Crippen molar-refractivity contribution in [2.75, 3.05) is 12.3 Å². The molecule has 0 radical (unpaired) electrons. The maximum atomic E-state index is 9.50. The zero-order chi connectivity index (χ0) is 40.9. The van der Waals surface area contributed by atoms with Crippen LogP contribution in [0, 0.1) is 41.5 Å². The van der Waals surface area contributed by atoms with E-state index < -0.39 is 39.3 Å². The molecular formula is C50H56O4P2. The molecule has 0 aliphatic heterocycles. The Morgan fingerprint density at radius 1 is 0.375 bits per heavy atom. The first-order chi connectivity index (χ1) is 26.7. The van der Waals surface area contributed by atoms with E-state index in [0.29, 0.717) is 0 Å². The molecule has 0 unspecified atom stereocenters. The molecule has 0 amide bonds. The van der Waals surface area contributed by atoms with E-state index in [1.54, 1.807) is 0 Å². The van der Waals surface area contributed by atoms with Crippen LogP contribution in [-0.2, 0) is 9.59 Å². The summed E-state index contributed by atoms with van der Waals surface area (Å²) >= 11 is 0. The van der Waals surface area contributed by atoms with Gasteiger partial charge in [0.25, 0.3) is 0 Å². The molecule has 0 saturated heterocycles. The Balaban J connectivity index is 0.000000209. The molecule has 4 nitrogen and oxygen atoms in total. The highest BCUT2D eigenvalue weighted by Crippen LogP contribution is 2.56. The second-order valence-corrected chi connectivity index (χ2v) is 22.1. The Labute approximate surface area is 336 Å². The fraction of sp³-hybridized carbons (Fsp3) is 0.240. The summed E-state index contributed by atoms with van der Waals surface area (Å²) in [5.74, 6) is -2.73. The number of carbonyl (C=O) groups is 2. The Bertz CT molecular complexity index is 1860. The van der Waals surface area contributed by atoms with Gasteiger partial charge in [-0.25, -0.2) is 0 Å². The van der Waals surface area contributed by atoms with Gasteiger partial charge in [-0.15, -0.1) is 0 Å². The summed E-state index contributed by atoms with van der Waals surface area (Å²) in [6.45, 7) is 17.9. The monoisotopic (exact) mass is 782 g/mol. The topological polar surface area (TPSA) is 80.3 Å². The van der Waals surface area contributed by atoms with Crippen molar-refractivity contribution in [3.05, 3.63) is 179 Å². The SMILES string of the molecule is CC[P+](c1cccc(C)c1)(c1cccc(C)c1)c1cccc(C)c1.CC[P+](c1cccc(C)c1)(c1cccc(C)c1)c1cccc(C)c1.O=C([O-])CCC(=O)[O-]. The molecule has 0 aliphatic carbocycles. The average Bonchev–Trinajstić information content (AvgIpc) is 3.16. The van der Waals surface area contributed by atoms with E-state index in [-0.39, 0.29) is 0 Å². The zero-order valence-electron chi connectivity index (χ0n) is 34.2. The number of hydrogen-bond donors (Lipinski definition) is 0. The minimum atomic E-state index is -1.61. The number of carboxylic acid groups (broad SMARTS) is 2. The predicted octanol–water partition coefficient (Wildman–Crippen LogP) is 7.12. The molecule has 0 aliphatic rings. The summed E-state index contributed by atoms with van der Waals surface area (Å²) in [6, 6.07) is 54.7. The first-order valence-corrected chi connectivity index (χ1v) is 23.3. The highest BCUT2D eigenvalue weighted by Gasteiger charge is 2.45. The van der Waals surface area contributed by atoms with Crippen molar-refractivity contribution in [2.24, 2.45) is 0 Å². The van der Waals surface area contributed by atoms with Gasteiger partial charge in [-0.2, -0.15) is 0 Å². The van der Waals surface area contributed by atoms with Crippen LogP contribution in [0.25, 0.3) is 0 Å². The molecule has 0 saturated carbocycles. The molecular weight excluding hydrogens is 726 g/mol. The van der Waals surface area contributed by atoms with Crippen molar-refractivity contribution in [3.8, 4) is 0 Å². The minimum absolute atomic E-state index is 0.470. The van der Waals surface area contributed by atoms with Crippen molar-refractivity contribution >= 4 is 58.3 Å². The second-order valence-electron chi connectivity index (χ2n) is 14.5. The van der Waals surface area contributed by atoms with Crippen LogP contribution in [0.15, 0.2) is 146 Å². The maximum absolute atomic E-state index is 9.50. The molecule has 0 atom stereocenters. The lowest BCUT2D eigenvalue weighted by Crippen LogP contribution is -2.33. The van der Waals surface area contributed by atoms with Crippen molar-refractivity contribution in [3.63, 3.8) is 0 Å². The van der Waals surface area contributed by atoms with Gasteiger partial charge in [-0.1, -0.05) is 72.8 Å². The fourth-order valence-electron chi connectivity index (χ4n) is 7.39. The molecule has 0 heterocycles. The molecule has 6 aromatic rings. The van der Waals surface area contributed by atoms with Gasteiger partial charge >= 0.3 is 0 Å². The number of hydrogen-bond acceptors (Lipinski definition) is 4. The van der Waals surface area contributed by atoms with Crippen LogP contribution in [0.5, 0.6) is 0 Å². The predicted molar refractivity (Wildman–Crippen MR) is 239 cm³/mol. The number of rotatable bonds is 11. The number of benzene rings is 6. The smallest absolute Gasteiger partial charge is 0.111 e. The lowest BCUT2D eigenvalue weighted by Gasteiger charge is -2.27. The van der Waals surface area contributed by atoms with Crippen molar-refractivity contribution in [2.45, 2.75) is 68.2 Å². The van der Waals surface area contributed by atoms with Crippen LogP contribution < -0.4 is 42.0 Å². The molecule has 6 rings (SSSR count). The van der Waals surface area contributed by atoms with Crippen LogP contribution in [0.2, 0.25) is 0 Å². The summed E-state index contributed by atoms with van der Waals surface area (Å²) < 4.78 is 0. The lowest BCUT2D eigenvalue weighted by molar-refractivity contribution is -0.315. The second kappa shape index (κ2) is 20.3. The van der Waals surface area contributed by atoms with E-state index in [9.17, 15) is 19.8 Å². The van der Waals surface area contributed by atoms with Gasteiger partial charge in [0.2, 0.25) is 0 Å². The number of aliphatic carboxylic acids is 2. The van der Waals surface area contributed by atoms with E-state index >= 15 is 0 Å². The maximum Gasteiger partial charge on any atom is 0.111 e. The van der Waals surface area contributed by atoms with Gasteiger partial charge in [0.1, 0.15) is 46.4 Å². The Morgan fingerprint density at radius 2 is 0.554 bits per heavy atom. The molecule has 6 heteroatoms. The third-order valence-corrected chi connectivity index (χ3v) is 19.0. The van der Waals surface area contributed by atoms with Gasteiger partial charge in [0.05, 0.1) is 12.3 Å². The number of carboxylic acids is 2.